The average molecular weight is 328 g/mol. The van der Waals surface area contributed by atoms with Crippen molar-refractivity contribution in [2.24, 2.45) is 0 Å². The predicted molar refractivity (Wildman–Crippen MR) is 82.5 cm³/mol. The largest absolute Gasteiger partial charge is 0.466 e. The molecule has 1 aromatic heterocycles. The smallest absolute Gasteiger partial charge is 0.328 e. The van der Waals surface area contributed by atoms with Crippen LogP contribution in [-0.2, 0) is 19.1 Å². The van der Waals surface area contributed by atoms with Crippen LogP contribution in [0.2, 0.25) is 0 Å². The van der Waals surface area contributed by atoms with Crippen molar-refractivity contribution in [1.82, 2.24) is 5.32 Å². The SMILES string of the molecule is CCOC(=O)CC[C@H](NC(=O)c1ccc(N)s1)C(=O)OCC. The molecule has 3 N–H and O–H groups in total. The third-order valence-corrected chi connectivity index (χ3v) is 3.58. The molecule has 0 aliphatic heterocycles. The van der Waals surface area contributed by atoms with Gasteiger partial charge in [0.05, 0.1) is 23.1 Å². The van der Waals surface area contributed by atoms with Gasteiger partial charge < -0.3 is 20.5 Å². The highest BCUT2D eigenvalue weighted by Crippen LogP contribution is 2.18. The topological polar surface area (TPSA) is 108 Å². The van der Waals surface area contributed by atoms with Gasteiger partial charge in [-0.1, -0.05) is 0 Å². The molecule has 1 atom stereocenters. The van der Waals surface area contributed by atoms with E-state index in [1.165, 1.54) is 0 Å². The van der Waals surface area contributed by atoms with E-state index in [-0.39, 0.29) is 26.1 Å². The monoisotopic (exact) mass is 328 g/mol. The number of anilines is 1. The Balaban J connectivity index is 2.66. The van der Waals surface area contributed by atoms with Gasteiger partial charge >= 0.3 is 11.9 Å². The first-order chi connectivity index (χ1) is 10.5. The van der Waals surface area contributed by atoms with Gasteiger partial charge in [0.2, 0.25) is 0 Å². The molecule has 0 aliphatic rings. The molecule has 122 valence electrons. The molecule has 0 saturated heterocycles. The molecule has 22 heavy (non-hydrogen) atoms. The highest BCUT2D eigenvalue weighted by atomic mass is 32.1. The molecule has 0 bridgehead atoms. The first-order valence-electron chi connectivity index (χ1n) is 6.96. The molecule has 1 amide bonds. The molecule has 0 unspecified atom stereocenters. The van der Waals surface area contributed by atoms with Crippen LogP contribution < -0.4 is 11.1 Å². The Bertz CT molecular complexity index is 529. The standard InChI is InChI=1S/C14H20N2O5S/c1-3-20-12(17)8-5-9(14(19)21-4-2)16-13(18)10-6-7-11(15)22-10/h6-7,9H,3-5,8,15H2,1-2H3,(H,16,18)/t9-/m0/s1. The number of carbonyl (C=O) groups excluding carboxylic acids is 3. The van der Waals surface area contributed by atoms with E-state index in [0.717, 1.165) is 11.3 Å². The lowest BCUT2D eigenvalue weighted by Crippen LogP contribution is -2.42. The Labute approximate surface area is 132 Å². The fourth-order valence-corrected chi connectivity index (χ4v) is 2.37. The summed E-state index contributed by atoms with van der Waals surface area (Å²) in [7, 11) is 0. The van der Waals surface area contributed by atoms with Gasteiger partial charge in [-0.15, -0.1) is 11.3 Å². The van der Waals surface area contributed by atoms with Crippen LogP contribution in [0, 0.1) is 0 Å². The Morgan fingerprint density at radius 2 is 1.91 bits per heavy atom. The molecule has 0 spiro atoms. The van der Waals surface area contributed by atoms with Gasteiger partial charge in [0, 0.05) is 6.42 Å². The third-order valence-electron chi connectivity index (χ3n) is 2.67. The third kappa shape index (κ3) is 5.72. The van der Waals surface area contributed by atoms with Crippen LogP contribution in [0.1, 0.15) is 36.4 Å². The minimum Gasteiger partial charge on any atom is -0.466 e. The van der Waals surface area contributed by atoms with Crippen molar-refractivity contribution >= 4 is 34.2 Å². The number of hydrogen-bond acceptors (Lipinski definition) is 7. The summed E-state index contributed by atoms with van der Waals surface area (Å²) in [4.78, 5) is 35.7. The van der Waals surface area contributed by atoms with Crippen molar-refractivity contribution in [3.05, 3.63) is 17.0 Å². The van der Waals surface area contributed by atoms with E-state index >= 15 is 0 Å². The molecule has 0 aliphatic carbocycles. The highest BCUT2D eigenvalue weighted by molar-refractivity contribution is 7.17. The summed E-state index contributed by atoms with van der Waals surface area (Å²) in [5, 5.41) is 3.07. The van der Waals surface area contributed by atoms with Crippen LogP contribution in [0.25, 0.3) is 0 Å². The van der Waals surface area contributed by atoms with E-state index in [1.807, 2.05) is 0 Å². The zero-order valence-electron chi connectivity index (χ0n) is 12.6. The van der Waals surface area contributed by atoms with Gasteiger partial charge in [-0.05, 0) is 32.4 Å². The predicted octanol–water partition coefficient (Wildman–Crippen LogP) is 1.34. The van der Waals surface area contributed by atoms with Gasteiger partial charge in [-0.25, -0.2) is 4.79 Å². The maximum atomic E-state index is 12.1. The summed E-state index contributed by atoms with van der Waals surface area (Å²) < 4.78 is 9.72. The number of hydrogen-bond donors (Lipinski definition) is 2. The Morgan fingerprint density at radius 3 is 2.45 bits per heavy atom. The molecule has 0 saturated carbocycles. The van der Waals surface area contributed by atoms with Gasteiger partial charge in [-0.3, -0.25) is 9.59 Å². The Kier molecular flexibility index (Phi) is 7.38. The van der Waals surface area contributed by atoms with Crippen LogP contribution in [0.15, 0.2) is 12.1 Å². The fourth-order valence-electron chi connectivity index (χ4n) is 1.69. The minimum atomic E-state index is -0.903. The van der Waals surface area contributed by atoms with Crippen LogP contribution in [0.3, 0.4) is 0 Å². The van der Waals surface area contributed by atoms with E-state index in [1.54, 1.807) is 26.0 Å². The Morgan fingerprint density at radius 1 is 1.23 bits per heavy atom. The van der Waals surface area contributed by atoms with E-state index in [2.05, 4.69) is 5.32 Å². The molecule has 8 heteroatoms. The van der Waals surface area contributed by atoms with Crippen LogP contribution >= 0.6 is 11.3 Å². The maximum absolute atomic E-state index is 12.1. The maximum Gasteiger partial charge on any atom is 0.328 e. The molecule has 1 aromatic rings. The second-order valence-corrected chi connectivity index (χ2v) is 5.44. The van der Waals surface area contributed by atoms with E-state index in [0.29, 0.717) is 9.88 Å². The number of carbonyl (C=O) groups is 3. The van der Waals surface area contributed by atoms with Crippen molar-refractivity contribution in [2.75, 3.05) is 18.9 Å². The fraction of sp³-hybridized carbons (Fsp3) is 0.500. The second-order valence-electron chi connectivity index (χ2n) is 4.32. The number of amides is 1. The van der Waals surface area contributed by atoms with Crippen molar-refractivity contribution in [1.29, 1.82) is 0 Å². The number of thiophene rings is 1. The highest BCUT2D eigenvalue weighted by Gasteiger charge is 2.24. The van der Waals surface area contributed by atoms with E-state index < -0.39 is 23.9 Å². The average Bonchev–Trinajstić information content (AvgIpc) is 2.90. The summed E-state index contributed by atoms with van der Waals surface area (Å²) in [6.45, 7) is 3.83. The van der Waals surface area contributed by atoms with Gasteiger partial charge in [-0.2, -0.15) is 0 Å². The molecule has 1 rings (SSSR count). The molecule has 0 radical (unpaired) electrons. The number of rotatable bonds is 8. The van der Waals surface area contributed by atoms with Crippen LogP contribution in [0.4, 0.5) is 5.00 Å². The first-order valence-corrected chi connectivity index (χ1v) is 7.78. The lowest BCUT2D eigenvalue weighted by atomic mass is 10.1. The molecule has 7 nitrogen and oxygen atoms in total. The summed E-state index contributed by atoms with van der Waals surface area (Å²) in [5.74, 6) is -1.43. The molecule has 1 heterocycles. The molecule has 0 fully saturated rings. The van der Waals surface area contributed by atoms with Crippen molar-refractivity contribution < 1.29 is 23.9 Å². The molecular weight excluding hydrogens is 308 g/mol. The molecule has 0 aromatic carbocycles. The quantitative estimate of drug-likeness (QED) is 0.697. The van der Waals surface area contributed by atoms with Crippen LogP contribution in [0.5, 0.6) is 0 Å². The summed E-state index contributed by atoms with van der Waals surface area (Å²) in [6, 6.07) is 2.28. The summed E-state index contributed by atoms with van der Waals surface area (Å²) >= 11 is 1.12. The normalized spacial score (nSPS) is 11.5. The number of nitrogen functional groups attached to an aromatic ring is 1. The number of nitrogens with one attached hydrogen (secondary N) is 1. The summed E-state index contributed by atoms with van der Waals surface area (Å²) in [6.07, 6.45) is 0.133. The summed E-state index contributed by atoms with van der Waals surface area (Å²) in [5.41, 5.74) is 5.57. The number of esters is 2. The van der Waals surface area contributed by atoms with Gasteiger partial charge in [0.25, 0.3) is 5.91 Å². The van der Waals surface area contributed by atoms with Gasteiger partial charge in [0.1, 0.15) is 6.04 Å². The minimum absolute atomic E-state index is 0.0180. The zero-order valence-corrected chi connectivity index (χ0v) is 13.4. The first kappa shape index (κ1) is 18.0. The number of nitrogens with two attached hydrogens (primary N) is 1. The lowest BCUT2D eigenvalue weighted by Gasteiger charge is -2.16. The number of ether oxygens (including phenoxy) is 2. The second kappa shape index (κ2) is 9.04. The van der Waals surface area contributed by atoms with Crippen LogP contribution in [-0.4, -0.2) is 37.1 Å². The van der Waals surface area contributed by atoms with Gasteiger partial charge in [0.15, 0.2) is 0 Å². The van der Waals surface area contributed by atoms with Crippen molar-refractivity contribution in [3.63, 3.8) is 0 Å². The van der Waals surface area contributed by atoms with Crippen molar-refractivity contribution in [2.45, 2.75) is 32.7 Å². The van der Waals surface area contributed by atoms with Crippen molar-refractivity contribution in [3.8, 4) is 0 Å². The zero-order chi connectivity index (χ0) is 16.5. The molecular formula is C14H20N2O5S. The van der Waals surface area contributed by atoms with E-state index in [4.69, 9.17) is 15.2 Å². The van der Waals surface area contributed by atoms with E-state index in [9.17, 15) is 14.4 Å². The lowest BCUT2D eigenvalue weighted by molar-refractivity contribution is -0.146. The Hall–Kier alpha value is -2.09.